The van der Waals surface area contributed by atoms with Gasteiger partial charge in [0.2, 0.25) is 0 Å². The van der Waals surface area contributed by atoms with E-state index < -0.39 is 0 Å². The summed E-state index contributed by atoms with van der Waals surface area (Å²) in [5, 5.41) is 2.05. The van der Waals surface area contributed by atoms with E-state index in [2.05, 4.69) is 16.4 Å². The average Bonchev–Trinajstić information content (AvgIpc) is 2.72. The van der Waals surface area contributed by atoms with E-state index >= 15 is 0 Å². The Morgan fingerprint density at radius 2 is 2.46 bits per heavy atom. The third kappa shape index (κ3) is 1.89. The molecule has 0 amide bonds. The van der Waals surface area contributed by atoms with E-state index in [1.807, 2.05) is 6.07 Å². The van der Waals surface area contributed by atoms with Gasteiger partial charge in [-0.15, -0.1) is 11.3 Å². The topological polar surface area (TPSA) is 37.8 Å². The second kappa shape index (κ2) is 3.62. The quantitative estimate of drug-likeness (QED) is 0.789. The van der Waals surface area contributed by atoms with Gasteiger partial charge in [0.25, 0.3) is 0 Å². The molecule has 3 nitrogen and oxygen atoms in total. The molecule has 0 aromatic carbocycles. The first-order valence-corrected chi connectivity index (χ1v) is 5.00. The number of rotatable bonds is 3. The molecule has 0 fully saturated rings. The monoisotopic (exact) mass is 194 g/mol. The fourth-order valence-electron chi connectivity index (χ4n) is 1.21. The van der Waals surface area contributed by atoms with Crippen LogP contribution in [0.3, 0.4) is 0 Å². The summed E-state index contributed by atoms with van der Waals surface area (Å²) >= 11 is 1.73. The van der Waals surface area contributed by atoms with E-state index in [1.165, 1.54) is 4.88 Å². The minimum atomic E-state index is -0.0310. The molecule has 13 heavy (non-hydrogen) atoms. The van der Waals surface area contributed by atoms with Gasteiger partial charge in [-0.2, -0.15) is 0 Å². The molecule has 0 saturated heterocycles. The van der Waals surface area contributed by atoms with Crippen molar-refractivity contribution in [3.63, 3.8) is 0 Å². The third-order valence-corrected chi connectivity index (χ3v) is 2.84. The van der Waals surface area contributed by atoms with Crippen LogP contribution in [0.5, 0.6) is 0 Å². The van der Waals surface area contributed by atoms with Crippen molar-refractivity contribution >= 4 is 11.3 Å². The number of hydrogen-bond acceptors (Lipinski definition) is 2. The van der Waals surface area contributed by atoms with Crippen LogP contribution < -0.4 is 5.69 Å². The van der Waals surface area contributed by atoms with Crippen molar-refractivity contribution in [2.45, 2.75) is 13.0 Å². The van der Waals surface area contributed by atoms with Gasteiger partial charge >= 0.3 is 5.69 Å². The van der Waals surface area contributed by atoms with Crippen LogP contribution in [0.1, 0.15) is 4.88 Å². The van der Waals surface area contributed by atoms with Crippen molar-refractivity contribution < 1.29 is 0 Å². The lowest BCUT2D eigenvalue weighted by Crippen LogP contribution is -2.16. The second-order valence-corrected chi connectivity index (χ2v) is 3.82. The Morgan fingerprint density at radius 3 is 3.08 bits per heavy atom. The average molecular weight is 194 g/mol. The zero-order valence-corrected chi connectivity index (χ0v) is 7.88. The Bertz CT molecular complexity index is 413. The number of aryl methyl sites for hydroxylation is 2. The van der Waals surface area contributed by atoms with Gasteiger partial charge in [0.05, 0.1) is 0 Å². The maximum atomic E-state index is 11.1. The smallest absolute Gasteiger partial charge is 0.313 e. The molecule has 2 heterocycles. The van der Waals surface area contributed by atoms with E-state index in [-0.39, 0.29) is 5.69 Å². The van der Waals surface area contributed by atoms with Gasteiger partial charge < -0.3 is 4.98 Å². The van der Waals surface area contributed by atoms with E-state index in [1.54, 1.807) is 28.3 Å². The summed E-state index contributed by atoms with van der Waals surface area (Å²) in [4.78, 5) is 15.0. The largest absolute Gasteiger partial charge is 0.325 e. The van der Waals surface area contributed by atoms with Crippen molar-refractivity contribution in [3.05, 3.63) is 45.3 Å². The zero-order valence-electron chi connectivity index (χ0n) is 7.06. The van der Waals surface area contributed by atoms with Gasteiger partial charge in [-0.3, -0.25) is 4.57 Å². The Balaban J connectivity index is 2.01. The van der Waals surface area contributed by atoms with Crippen molar-refractivity contribution in [2.24, 2.45) is 0 Å². The highest BCUT2D eigenvalue weighted by atomic mass is 32.1. The molecule has 1 N–H and O–H groups in total. The Hall–Kier alpha value is -1.29. The maximum absolute atomic E-state index is 11.1. The van der Waals surface area contributed by atoms with Gasteiger partial charge in [0, 0.05) is 23.8 Å². The van der Waals surface area contributed by atoms with Crippen molar-refractivity contribution in [2.75, 3.05) is 0 Å². The lowest BCUT2D eigenvalue weighted by molar-refractivity contribution is 0.677. The molecule has 0 atom stereocenters. The van der Waals surface area contributed by atoms with Crippen molar-refractivity contribution in [1.82, 2.24) is 9.55 Å². The van der Waals surface area contributed by atoms with Gasteiger partial charge in [-0.05, 0) is 17.9 Å². The Kier molecular flexibility index (Phi) is 2.31. The highest BCUT2D eigenvalue weighted by Gasteiger charge is 1.97. The predicted molar refractivity (Wildman–Crippen MR) is 53.1 cm³/mol. The molecule has 0 radical (unpaired) electrons. The second-order valence-electron chi connectivity index (χ2n) is 2.79. The summed E-state index contributed by atoms with van der Waals surface area (Å²) in [6.07, 6.45) is 4.36. The maximum Gasteiger partial charge on any atom is 0.325 e. The van der Waals surface area contributed by atoms with Crippen molar-refractivity contribution in [3.8, 4) is 0 Å². The summed E-state index contributed by atoms with van der Waals surface area (Å²) in [5.41, 5.74) is -0.0310. The van der Waals surface area contributed by atoms with Gasteiger partial charge in [-0.25, -0.2) is 4.79 Å². The number of imidazole rings is 1. The standard InChI is InChI=1S/C9H10N2OS/c12-9-10-4-6-11(9)5-3-8-2-1-7-13-8/h1-2,4,6-7H,3,5H2,(H,10,12). The number of nitrogens with zero attached hydrogens (tertiary/aromatic N) is 1. The molecule has 0 aliphatic carbocycles. The van der Waals surface area contributed by atoms with Crippen LogP contribution in [-0.4, -0.2) is 9.55 Å². The van der Waals surface area contributed by atoms with E-state index in [0.29, 0.717) is 0 Å². The lowest BCUT2D eigenvalue weighted by Gasteiger charge is -1.97. The molecular weight excluding hydrogens is 184 g/mol. The highest BCUT2D eigenvalue weighted by Crippen LogP contribution is 2.09. The first-order chi connectivity index (χ1) is 6.36. The molecule has 0 spiro atoms. The fraction of sp³-hybridized carbons (Fsp3) is 0.222. The number of nitrogens with one attached hydrogen (secondary N) is 1. The fourth-order valence-corrected chi connectivity index (χ4v) is 1.91. The van der Waals surface area contributed by atoms with Crippen LogP contribution in [0, 0.1) is 0 Å². The molecule has 2 aromatic heterocycles. The number of aromatic nitrogens is 2. The lowest BCUT2D eigenvalue weighted by atomic mass is 10.3. The molecule has 0 saturated carbocycles. The van der Waals surface area contributed by atoms with E-state index in [4.69, 9.17) is 0 Å². The summed E-state index contributed by atoms with van der Waals surface area (Å²) in [5.74, 6) is 0. The van der Waals surface area contributed by atoms with Crippen LogP contribution in [0.2, 0.25) is 0 Å². The molecule has 2 aromatic rings. The Labute approximate surface area is 79.7 Å². The van der Waals surface area contributed by atoms with Gasteiger partial charge in [0.1, 0.15) is 0 Å². The van der Waals surface area contributed by atoms with E-state index in [9.17, 15) is 4.79 Å². The first kappa shape index (κ1) is 8.31. The molecule has 68 valence electrons. The number of thiophene rings is 1. The van der Waals surface area contributed by atoms with Crippen LogP contribution >= 0.6 is 11.3 Å². The number of aromatic amines is 1. The molecule has 0 bridgehead atoms. The minimum Gasteiger partial charge on any atom is -0.313 e. The van der Waals surface area contributed by atoms with Gasteiger partial charge in [-0.1, -0.05) is 6.07 Å². The number of hydrogen-bond donors (Lipinski definition) is 1. The normalized spacial score (nSPS) is 10.5. The molecule has 4 heteroatoms. The van der Waals surface area contributed by atoms with Crippen molar-refractivity contribution in [1.29, 1.82) is 0 Å². The van der Waals surface area contributed by atoms with Crippen LogP contribution in [-0.2, 0) is 13.0 Å². The molecule has 0 aliphatic rings. The third-order valence-electron chi connectivity index (χ3n) is 1.90. The summed E-state index contributed by atoms with van der Waals surface area (Å²) in [6.45, 7) is 0.753. The minimum absolute atomic E-state index is 0.0310. The van der Waals surface area contributed by atoms with Crippen LogP contribution in [0.4, 0.5) is 0 Å². The predicted octanol–water partition coefficient (Wildman–Crippen LogP) is 1.48. The van der Waals surface area contributed by atoms with Crippen LogP contribution in [0.15, 0.2) is 34.7 Å². The zero-order chi connectivity index (χ0) is 9.10. The van der Waals surface area contributed by atoms with E-state index in [0.717, 1.165) is 13.0 Å². The molecule has 2 rings (SSSR count). The number of H-pyrrole nitrogens is 1. The first-order valence-electron chi connectivity index (χ1n) is 4.12. The molecule has 0 aliphatic heterocycles. The molecular formula is C9H10N2OS. The summed E-state index contributed by atoms with van der Waals surface area (Å²) < 4.78 is 1.68. The Morgan fingerprint density at radius 1 is 1.54 bits per heavy atom. The van der Waals surface area contributed by atoms with Gasteiger partial charge in [0.15, 0.2) is 0 Å². The SMILES string of the molecule is O=c1[nH]ccn1CCc1cccs1. The summed E-state index contributed by atoms with van der Waals surface area (Å²) in [7, 11) is 0. The van der Waals surface area contributed by atoms with Crippen LogP contribution in [0.25, 0.3) is 0 Å². The highest BCUT2D eigenvalue weighted by molar-refractivity contribution is 7.09. The molecule has 0 unspecified atom stereocenters. The summed E-state index contributed by atoms with van der Waals surface area (Å²) in [6, 6.07) is 4.11.